The fourth-order valence-corrected chi connectivity index (χ4v) is 8.01. The smallest absolute Gasteiger partial charge is 0.313 e. The highest BCUT2D eigenvalue weighted by Crippen LogP contribution is 2.74. The van der Waals surface area contributed by atoms with Gasteiger partial charge in [-0.25, -0.2) is 0 Å². The topological polar surface area (TPSA) is 52.6 Å². The van der Waals surface area contributed by atoms with E-state index in [2.05, 4.69) is 19.9 Å². The largest absolute Gasteiger partial charge is 0.462 e. The van der Waals surface area contributed by atoms with Crippen molar-refractivity contribution in [3.8, 4) is 0 Å². The maximum Gasteiger partial charge on any atom is 0.313 e. The lowest BCUT2D eigenvalue weighted by Gasteiger charge is -2.62. The molecule has 0 amide bonds. The number of fused-ring (bicyclic) bond motifs is 3. The number of allylic oxidation sites excluding steroid dienone is 1. The SMILES string of the molecule is CC1=C[C@@H]2C[C@]3(CC[C@@]45C(=O)OC(C[C@H]4C)[C@H]4C[C@H]1[C@@H]3[C@H]45)C(=O)O2. The van der Waals surface area contributed by atoms with Crippen LogP contribution in [0.4, 0.5) is 0 Å². The summed E-state index contributed by atoms with van der Waals surface area (Å²) in [6.45, 7) is 4.45. The molecule has 0 radical (unpaired) electrons. The summed E-state index contributed by atoms with van der Waals surface area (Å²) in [5.74, 6) is 1.91. The summed E-state index contributed by atoms with van der Waals surface area (Å²) in [6, 6.07) is 0. The van der Waals surface area contributed by atoms with Crippen LogP contribution >= 0.6 is 0 Å². The maximum atomic E-state index is 13.0. The molecule has 0 aromatic heterocycles. The van der Waals surface area contributed by atoms with E-state index in [1.165, 1.54) is 5.57 Å². The minimum Gasteiger partial charge on any atom is -0.462 e. The molecular weight excluding hydrogens is 304 g/mol. The van der Waals surface area contributed by atoms with Crippen LogP contribution in [0.25, 0.3) is 0 Å². The molecule has 1 unspecified atom stereocenters. The molecule has 4 aliphatic carbocycles. The zero-order valence-electron chi connectivity index (χ0n) is 14.3. The van der Waals surface area contributed by atoms with Crippen LogP contribution in [0, 0.1) is 40.4 Å². The highest BCUT2D eigenvalue weighted by Gasteiger charge is 2.76. The average molecular weight is 328 g/mol. The molecule has 0 N–H and O–H groups in total. The van der Waals surface area contributed by atoms with Gasteiger partial charge in [0.1, 0.15) is 12.2 Å². The van der Waals surface area contributed by atoms with Gasteiger partial charge in [-0.1, -0.05) is 12.5 Å². The lowest BCUT2D eigenvalue weighted by Crippen LogP contribution is -2.66. The second kappa shape index (κ2) is 3.91. The van der Waals surface area contributed by atoms with Crippen molar-refractivity contribution in [2.75, 3.05) is 0 Å². The van der Waals surface area contributed by atoms with Gasteiger partial charge in [0.2, 0.25) is 0 Å². The summed E-state index contributed by atoms with van der Waals surface area (Å²) in [7, 11) is 0. The Morgan fingerprint density at radius 1 is 1.08 bits per heavy atom. The number of esters is 2. The molecule has 6 fully saturated rings. The highest BCUT2D eigenvalue weighted by molar-refractivity contribution is 5.84. The number of carbonyl (C=O) groups is 2. The van der Waals surface area contributed by atoms with Gasteiger partial charge in [0.15, 0.2) is 0 Å². The molecule has 3 saturated carbocycles. The Kier molecular flexibility index (Phi) is 2.27. The van der Waals surface area contributed by atoms with Crippen molar-refractivity contribution >= 4 is 11.9 Å². The van der Waals surface area contributed by atoms with Crippen molar-refractivity contribution in [2.45, 2.75) is 58.2 Å². The average Bonchev–Trinajstić information content (AvgIpc) is 3.03. The van der Waals surface area contributed by atoms with Gasteiger partial charge in [-0.05, 0) is 62.4 Å². The van der Waals surface area contributed by atoms with Crippen LogP contribution in [0.15, 0.2) is 11.6 Å². The second-order valence-corrected chi connectivity index (χ2v) is 9.39. The zero-order valence-corrected chi connectivity index (χ0v) is 14.3. The number of carbonyl (C=O) groups excluding carboxylic acids is 2. The van der Waals surface area contributed by atoms with Crippen LogP contribution in [0.3, 0.4) is 0 Å². The normalized spacial score (nSPS) is 59.4. The van der Waals surface area contributed by atoms with E-state index in [0.29, 0.717) is 23.7 Å². The van der Waals surface area contributed by atoms with Gasteiger partial charge < -0.3 is 9.47 Å². The fraction of sp³-hybridized carbons (Fsp3) is 0.800. The lowest BCUT2D eigenvalue weighted by atomic mass is 9.43. The molecule has 128 valence electrons. The number of ether oxygens (including phenoxy) is 2. The van der Waals surface area contributed by atoms with Crippen molar-refractivity contribution in [1.29, 1.82) is 0 Å². The molecule has 3 saturated heterocycles. The molecule has 4 heteroatoms. The van der Waals surface area contributed by atoms with Crippen LogP contribution in [0.1, 0.15) is 46.0 Å². The Bertz CT molecular complexity index is 710. The van der Waals surface area contributed by atoms with Gasteiger partial charge in [-0.3, -0.25) is 9.59 Å². The quantitative estimate of drug-likeness (QED) is 0.507. The predicted molar refractivity (Wildman–Crippen MR) is 84.6 cm³/mol. The highest BCUT2D eigenvalue weighted by atomic mass is 16.6. The monoisotopic (exact) mass is 328 g/mol. The first-order valence-corrected chi connectivity index (χ1v) is 9.58. The van der Waals surface area contributed by atoms with Crippen LogP contribution in [0.2, 0.25) is 0 Å². The first kappa shape index (κ1) is 13.9. The first-order valence-electron chi connectivity index (χ1n) is 9.58. The molecule has 0 aromatic rings. The molecule has 3 heterocycles. The second-order valence-electron chi connectivity index (χ2n) is 9.39. The Labute approximate surface area is 141 Å². The predicted octanol–water partition coefficient (Wildman–Crippen LogP) is 2.86. The van der Waals surface area contributed by atoms with Crippen LogP contribution in [-0.2, 0) is 19.1 Å². The summed E-state index contributed by atoms with van der Waals surface area (Å²) in [4.78, 5) is 25.9. The van der Waals surface area contributed by atoms with Crippen molar-refractivity contribution in [1.82, 2.24) is 0 Å². The molecule has 7 rings (SSSR count). The van der Waals surface area contributed by atoms with Gasteiger partial charge in [0, 0.05) is 12.3 Å². The van der Waals surface area contributed by atoms with E-state index in [1.807, 2.05) is 0 Å². The third-order valence-electron chi connectivity index (χ3n) is 8.87. The third kappa shape index (κ3) is 1.23. The van der Waals surface area contributed by atoms with E-state index in [1.54, 1.807) is 0 Å². The Hall–Kier alpha value is -1.32. The van der Waals surface area contributed by atoms with E-state index in [4.69, 9.17) is 9.47 Å². The van der Waals surface area contributed by atoms with Crippen molar-refractivity contribution in [3.05, 3.63) is 11.6 Å². The Morgan fingerprint density at radius 3 is 2.71 bits per heavy atom. The Balaban J connectivity index is 1.60. The third-order valence-corrected chi connectivity index (χ3v) is 8.87. The van der Waals surface area contributed by atoms with Gasteiger partial charge in [-0.2, -0.15) is 0 Å². The molecule has 9 atom stereocenters. The summed E-state index contributed by atoms with van der Waals surface area (Å²) >= 11 is 0. The summed E-state index contributed by atoms with van der Waals surface area (Å²) in [5, 5.41) is 0. The minimum absolute atomic E-state index is 0.0178. The first-order chi connectivity index (χ1) is 11.5. The van der Waals surface area contributed by atoms with Gasteiger partial charge in [0.25, 0.3) is 0 Å². The van der Waals surface area contributed by atoms with E-state index in [-0.39, 0.29) is 40.9 Å². The summed E-state index contributed by atoms with van der Waals surface area (Å²) in [5.41, 5.74) is 0.698. The number of hydrogen-bond acceptors (Lipinski definition) is 4. The van der Waals surface area contributed by atoms with Gasteiger partial charge in [0.05, 0.1) is 10.8 Å². The van der Waals surface area contributed by atoms with Crippen molar-refractivity contribution in [3.63, 3.8) is 0 Å². The molecule has 7 aliphatic rings. The molecular formula is C20H24O4. The standard InChI is InChI=1S/C20H24O4/c1-9-5-11-8-19(17(21)23-11)3-4-20-10(2)6-14(24-18(20)22)13-7-12(9)15(19)16(13)20/h5,10-16H,3-4,6-8H2,1-2H3/t10-,11-,12-,13-,14?,15-,16+,19+,20-/m1/s1. The summed E-state index contributed by atoms with van der Waals surface area (Å²) in [6.07, 6.45) is 6.78. The molecule has 2 spiro atoms. The van der Waals surface area contributed by atoms with E-state index in [9.17, 15) is 9.59 Å². The van der Waals surface area contributed by atoms with Crippen LogP contribution in [0.5, 0.6) is 0 Å². The molecule has 4 nitrogen and oxygen atoms in total. The van der Waals surface area contributed by atoms with Gasteiger partial charge >= 0.3 is 11.9 Å². The van der Waals surface area contributed by atoms with Crippen molar-refractivity contribution < 1.29 is 19.1 Å². The molecule has 3 aliphatic heterocycles. The molecule has 24 heavy (non-hydrogen) atoms. The van der Waals surface area contributed by atoms with E-state index in [0.717, 1.165) is 32.1 Å². The number of hydrogen-bond donors (Lipinski definition) is 0. The summed E-state index contributed by atoms with van der Waals surface area (Å²) < 4.78 is 11.6. The van der Waals surface area contributed by atoms with Crippen LogP contribution < -0.4 is 0 Å². The van der Waals surface area contributed by atoms with Crippen molar-refractivity contribution in [2.24, 2.45) is 40.4 Å². The van der Waals surface area contributed by atoms with E-state index < -0.39 is 0 Å². The number of rotatable bonds is 0. The molecule has 0 aromatic carbocycles. The maximum absolute atomic E-state index is 13.0. The Morgan fingerprint density at radius 2 is 1.92 bits per heavy atom. The zero-order chi connectivity index (χ0) is 16.4. The minimum atomic E-state index is -0.342. The van der Waals surface area contributed by atoms with E-state index >= 15 is 0 Å². The van der Waals surface area contributed by atoms with Gasteiger partial charge in [-0.15, -0.1) is 0 Å². The fourth-order valence-electron chi connectivity index (χ4n) is 8.01. The lowest BCUT2D eigenvalue weighted by molar-refractivity contribution is -0.234. The van der Waals surface area contributed by atoms with Crippen LogP contribution in [-0.4, -0.2) is 24.1 Å². The molecule has 4 bridgehead atoms.